The van der Waals surface area contributed by atoms with Gasteiger partial charge in [0.1, 0.15) is 11.9 Å². The molecule has 1 aliphatic heterocycles. The van der Waals surface area contributed by atoms with Crippen LogP contribution >= 0.6 is 0 Å². The summed E-state index contributed by atoms with van der Waals surface area (Å²) in [5.41, 5.74) is 9.30. The Hall–Kier alpha value is -1.80. The highest BCUT2D eigenvalue weighted by atomic mass is 16.5. The molecule has 0 unspecified atom stereocenters. The van der Waals surface area contributed by atoms with E-state index in [4.69, 9.17) is 10.5 Å². The van der Waals surface area contributed by atoms with Gasteiger partial charge in [0.25, 0.3) is 0 Å². The Morgan fingerprint density at radius 3 is 2.65 bits per heavy atom. The van der Waals surface area contributed by atoms with Crippen molar-refractivity contribution < 1.29 is 4.74 Å². The number of rotatable bonds is 2. The van der Waals surface area contributed by atoms with Gasteiger partial charge >= 0.3 is 0 Å². The molecule has 86 valence electrons. The first-order valence-corrected chi connectivity index (χ1v) is 5.92. The van der Waals surface area contributed by atoms with Crippen LogP contribution in [0.4, 0.5) is 0 Å². The number of nitrogens with two attached hydrogens (primary N) is 1. The molecule has 1 aliphatic rings. The second-order valence-electron chi connectivity index (χ2n) is 4.34. The highest BCUT2D eigenvalue weighted by Gasteiger charge is 2.24. The van der Waals surface area contributed by atoms with E-state index in [1.165, 1.54) is 16.7 Å². The highest BCUT2D eigenvalue weighted by Crippen LogP contribution is 2.38. The SMILES string of the molecule is NC[C@H]1Cc2cccc(-c3ccccc3)c2O1. The normalized spacial score (nSPS) is 17.6. The zero-order chi connectivity index (χ0) is 11.7. The summed E-state index contributed by atoms with van der Waals surface area (Å²) < 4.78 is 5.92. The first kappa shape index (κ1) is 10.4. The molecule has 1 atom stereocenters. The maximum Gasteiger partial charge on any atom is 0.130 e. The fourth-order valence-electron chi connectivity index (χ4n) is 2.31. The van der Waals surface area contributed by atoms with Crippen LogP contribution in [0.2, 0.25) is 0 Å². The topological polar surface area (TPSA) is 35.2 Å². The largest absolute Gasteiger partial charge is 0.488 e. The van der Waals surface area contributed by atoms with Gasteiger partial charge in [-0.1, -0.05) is 48.5 Å². The second kappa shape index (κ2) is 4.22. The van der Waals surface area contributed by atoms with E-state index < -0.39 is 0 Å². The van der Waals surface area contributed by atoms with Crippen LogP contribution in [0.15, 0.2) is 48.5 Å². The van der Waals surface area contributed by atoms with Crippen LogP contribution in [0, 0.1) is 0 Å². The third-order valence-electron chi connectivity index (χ3n) is 3.18. The van der Waals surface area contributed by atoms with Crippen LogP contribution in [-0.4, -0.2) is 12.6 Å². The Labute approximate surface area is 101 Å². The lowest BCUT2D eigenvalue weighted by Crippen LogP contribution is -2.24. The zero-order valence-electron chi connectivity index (χ0n) is 9.60. The Kier molecular flexibility index (Phi) is 2.57. The summed E-state index contributed by atoms with van der Waals surface area (Å²) in [6.07, 6.45) is 1.06. The molecule has 1 heterocycles. The smallest absolute Gasteiger partial charge is 0.130 e. The summed E-state index contributed by atoms with van der Waals surface area (Å²) in [7, 11) is 0. The van der Waals surface area contributed by atoms with E-state index in [2.05, 4.69) is 30.3 Å². The molecule has 2 aromatic rings. The van der Waals surface area contributed by atoms with Gasteiger partial charge in [0, 0.05) is 18.5 Å². The lowest BCUT2D eigenvalue weighted by Gasteiger charge is -2.10. The van der Waals surface area contributed by atoms with Gasteiger partial charge in [-0.3, -0.25) is 0 Å². The summed E-state index contributed by atoms with van der Waals surface area (Å²) in [4.78, 5) is 0. The summed E-state index contributed by atoms with van der Waals surface area (Å²) in [6.45, 7) is 0.572. The molecule has 2 aromatic carbocycles. The molecule has 2 nitrogen and oxygen atoms in total. The van der Waals surface area contributed by atoms with Crippen molar-refractivity contribution in [1.82, 2.24) is 0 Å². The fraction of sp³-hybridized carbons (Fsp3) is 0.200. The van der Waals surface area contributed by atoms with Crippen molar-refractivity contribution in [1.29, 1.82) is 0 Å². The molecule has 0 saturated heterocycles. The van der Waals surface area contributed by atoms with Crippen LogP contribution in [0.1, 0.15) is 5.56 Å². The van der Waals surface area contributed by atoms with Gasteiger partial charge in [-0.15, -0.1) is 0 Å². The van der Waals surface area contributed by atoms with E-state index in [1.807, 2.05) is 18.2 Å². The first-order valence-electron chi connectivity index (χ1n) is 5.92. The average Bonchev–Trinajstić information content (AvgIpc) is 2.82. The van der Waals surface area contributed by atoms with E-state index in [-0.39, 0.29) is 6.10 Å². The molecule has 0 spiro atoms. The van der Waals surface area contributed by atoms with E-state index in [0.717, 1.165) is 12.2 Å². The Morgan fingerprint density at radius 1 is 1.06 bits per heavy atom. The standard InChI is InChI=1S/C15H15NO/c16-10-13-9-12-7-4-8-14(15(12)17-13)11-5-2-1-3-6-11/h1-8,13H,9-10,16H2/t13-/m1/s1. The van der Waals surface area contributed by atoms with Crippen molar-refractivity contribution >= 4 is 0 Å². The van der Waals surface area contributed by atoms with E-state index in [9.17, 15) is 0 Å². The number of hydrogen-bond donors (Lipinski definition) is 1. The maximum absolute atomic E-state index is 5.92. The van der Waals surface area contributed by atoms with E-state index in [1.54, 1.807) is 0 Å². The van der Waals surface area contributed by atoms with Crippen molar-refractivity contribution in [3.63, 3.8) is 0 Å². The quantitative estimate of drug-likeness (QED) is 0.852. The zero-order valence-corrected chi connectivity index (χ0v) is 9.60. The monoisotopic (exact) mass is 225 g/mol. The lowest BCUT2D eigenvalue weighted by molar-refractivity contribution is 0.242. The Balaban J connectivity index is 2.07. The van der Waals surface area contributed by atoms with Gasteiger partial charge in [-0.25, -0.2) is 0 Å². The third-order valence-corrected chi connectivity index (χ3v) is 3.18. The van der Waals surface area contributed by atoms with Crippen molar-refractivity contribution in [3.8, 4) is 16.9 Å². The van der Waals surface area contributed by atoms with Crippen LogP contribution in [-0.2, 0) is 6.42 Å². The molecule has 3 rings (SSSR count). The maximum atomic E-state index is 5.92. The second-order valence-corrected chi connectivity index (χ2v) is 4.34. The molecular weight excluding hydrogens is 210 g/mol. The van der Waals surface area contributed by atoms with Gasteiger partial charge in [0.05, 0.1) is 0 Å². The highest BCUT2D eigenvalue weighted by molar-refractivity contribution is 5.72. The predicted molar refractivity (Wildman–Crippen MR) is 69.1 cm³/mol. The van der Waals surface area contributed by atoms with Gasteiger partial charge in [0.15, 0.2) is 0 Å². The molecule has 0 aliphatic carbocycles. The van der Waals surface area contributed by atoms with Crippen molar-refractivity contribution in [2.45, 2.75) is 12.5 Å². The number of para-hydroxylation sites is 1. The van der Waals surface area contributed by atoms with Crippen molar-refractivity contribution in [2.75, 3.05) is 6.54 Å². The lowest BCUT2D eigenvalue weighted by atomic mass is 10.0. The number of fused-ring (bicyclic) bond motifs is 1. The van der Waals surface area contributed by atoms with Crippen molar-refractivity contribution in [2.24, 2.45) is 5.73 Å². The summed E-state index contributed by atoms with van der Waals surface area (Å²) in [5, 5.41) is 0. The predicted octanol–water partition coefficient (Wildman–Crippen LogP) is 2.62. The first-order chi connectivity index (χ1) is 8.38. The number of benzene rings is 2. The molecule has 0 amide bonds. The molecule has 2 N–H and O–H groups in total. The van der Waals surface area contributed by atoms with Gasteiger partial charge in [-0.2, -0.15) is 0 Å². The molecule has 0 aromatic heterocycles. The molecule has 0 bridgehead atoms. The molecule has 0 saturated carbocycles. The molecule has 2 heteroatoms. The minimum absolute atomic E-state index is 0.134. The van der Waals surface area contributed by atoms with Crippen LogP contribution < -0.4 is 10.5 Å². The van der Waals surface area contributed by atoms with E-state index >= 15 is 0 Å². The summed E-state index contributed by atoms with van der Waals surface area (Å²) in [5.74, 6) is 1.01. The Bertz CT molecular complexity index is 522. The molecule has 17 heavy (non-hydrogen) atoms. The summed E-state index contributed by atoms with van der Waals surface area (Å²) in [6, 6.07) is 16.6. The fourth-order valence-corrected chi connectivity index (χ4v) is 2.31. The Morgan fingerprint density at radius 2 is 1.88 bits per heavy atom. The average molecular weight is 225 g/mol. The number of hydrogen-bond acceptors (Lipinski definition) is 2. The van der Waals surface area contributed by atoms with E-state index in [0.29, 0.717) is 6.54 Å². The van der Waals surface area contributed by atoms with Crippen LogP contribution in [0.3, 0.4) is 0 Å². The van der Waals surface area contributed by atoms with Gasteiger partial charge in [0.2, 0.25) is 0 Å². The molecular formula is C15H15NO. The van der Waals surface area contributed by atoms with Crippen LogP contribution in [0.5, 0.6) is 5.75 Å². The van der Waals surface area contributed by atoms with Crippen molar-refractivity contribution in [3.05, 3.63) is 54.1 Å². The third kappa shape index (κ3) is 1.81. The minimum Gasteiger partial charge on any atom is -0.488 e. The molecule has 0 fully saturated rings. The summed E-state index contributed by atoms with van der Waals surface area (Å²) >= 11 is 0. The van der Waals surface area contributed by atoms with Gasteiger partial charge < -0.3 is 10.5 Å². The molecule has 0 radical (unpaired) electrons. The number of ether oxygens (including phenoxy) is 1. The minimum atomic E-state index is 0.134. The van der Waals surface area contributed by atoms with Crippen LogP contribution in [0.25, 0.3) is 11.1 Å². The van der Waals surface area contributed by atoms with Gasteiger partial charge in [-0.05, 0) is 11.1 Å².